The van der Waals surface area contributed by atoms with E-state index in [-0.39, 0.29) is 0 Å². The zero-order valence-corrected chi connectivity index (χ0v) is 13.6. The lowest BCUT2D eigenvalue weighted by molar-refractivity contribution is 0.122. The molecule has 4 rings (SSSR count). The molecule has 120 valence electrons. The lowest BCUT2D eigenvalue weighted by Gasteiger charge is -2.32. The molecule has 0 radical (unpaired) electrons. The molecule has 2 aromatic rings. The Kier molecular flexibility index (Phi) is 4.31. The van der Waals surface area contributed by atoms with Crippen molar-refractivity contribution >= 4 is 5.69 Å². The number of nitrogens with zero attached hydrogens (tertiary/aromatic N) is 2. The molecule has 2 aliphatic heterocycles. The van der Waals surface area contributed by atoms with Gasteiger partial charge in [0.25, 0.3) is 0 Å². The quantitative estimate of drug-likeness (QED) is 0.866. The first-order chi connectivity index (χ1) is 11.4. The van der Waals surface area contributed by atoms with Gasteiger partial charge in [0.2, 0.25) is 0 Å². The first-order valence-corrected chi connectivity index (χ1v) is 8.59. The Balaban J connectivity index is 1.45. The Bertz CT molecular complexity index is 650. The molecule has 23 heavy (non-hydrogen) atoms. The minimum Gasteiger partial charge on any atom is -0.378 e. The number of hydrogen-bond acceptors (Lipinski definition) is 3. The summed E-state index contributed by atoms with van der Waals surface area (Å²) in [7, 11) is 0. The second-order valence-corrected chi connectivity index (χ2v) is 6.50. The average Bonchev–Trinajstić information content (AvgIpc) is 2.63. The van der Waals surface area contributed by atoms with Gasteiger partial charge >= 0.3 is 0 Å². The van der Waals surface area contributed by atoms with Crippen molar-refractivity contribution < 1.29 is 4.74 Å². The van der Waals surface area contributed by atoms with Crippen LogP contribution in [0.15, 0.2) is 48.5 Å². The van der Waals surface area contributed by atoms with Gasteiger partial charge in [-0.3, -0.25) is 4.90 Å². The van der Waals surface area contributed by atoms with Crippen molar-refractivity contribution in [1.82, 2.24) is 4.90 Å². The average molecular weight is 308 g/mol. The molecule has 0 spiro atoms. The molecule has 0 aromatic heterocycles. The van der Waals surface area contributed by atoms with E-state index in [1.165, 1.54) is 22.4 Å². The predicted octanol–water partition coefficient (Wildman–Crippen LogP) is 3.08. The molecule has 0 saturated carbocycles. The van der Waals surface area contributed by atoms with Gasteiger partial charge in [-0.1, -0.05) is 36.4 Å². The van der Waals surface area contributed by atoms with Crippen molar-refractivity contribution in [2.45, 2.75) is 19.5 Å². The second kappa shape index (κ2) is 6.73. The highest BCUT2D eigenvalue weighted by Crippen LogP contribution is 2.26. The van der Waals surface area contributed by atoms with E-state index in [1.54, 1.807) is 0 Å². The molecule has 0 aliphatic carbocycles. The molecule has 2 heterocycles. The molecule has 0 unspecified atom stereocenters. The lowest BCUT2D eigenvalue weighted by atomic mass is 9.98. The van der Waals surface area contributed by atoms with Gasteiger partial charge in [-0.25, -0.2) is 0 Å². The molecule has 0 N–H and O–H groups in total. The van der Waals surface area contributed by atoms with Crippen LogP contribution in [0.3, 0.4) is 0 Å². The van der Waals surface area contributed by atoms with Gasteiger partial charge in [-0.05, 0) is 35.2 Å². The van der Waals surface area contributed by atoms with Crippen LogP contribution in [0.5, 0.6) is 0 Å². The summed E-state index contributed by atoms with van der Waals surface area (Å²) in [6.45, 7) is 6.98. The third kappa shape index (κ3) is 3.41. The molecule has 2 aromatic carbocycles. The zero-order valence-electron chi connectivity index (χ0n) is 13.6. The summed E-state index contributed by atoms with van der Waals surface area (Å²) in [5, 5.41) is 0. The zero-order chi connectivity index (χ0) is 15.5. The summed E-state index contributed by atoms with van der Waals surface area (Å²) >= 11 is 0. The number of hydrogen-bond donors (Lipinski definition) is 0. The molecular weight excluding hydrogens is 284 g/mol. The standard InChI is InChI=1S/C20H24N2O/c1-2-4-17(5-3-1)15-21-9-8-18-14-20(7-6-19(18)16-21)22-10-12-23-13-11-22/h1-7,14H,8-13,15-16H2. The smallest absolute Gasteiger partial charge is 0.0642 e. The van der Waals surface area contributed by atoms with E-state index in [0.717, 1.165) is 52.4 Å². The SMILES string of the molecule is c1ccc(CN2CCc3cc(N4CCOCC4)ccc3C2)cc1. The third-order valence-corrected chi connectivity index (χ3v) is 4.91. The molecule has 2 aliphatic rings. The van der Waals surface area contributed by atoms with Crippen LogP contribution in [-0.2, 0) is 24.2 Å². The summed E-state index contributed by atoms with van der Waals surface area (Å²) < 4.78 is 5.46. The number of ether oxygens (including phenoxy) is 1. The lowest BCUT2D eigenvalue weighted by Crippen LogP contribution is -2.36. The van der Waals surface area contributed by atoms with Gasteiger partial charge in [-0.15, -0.1) is 0 Å². The highest BCUT2D eigenvalue weighted by atomic mass is 16.5. The van der Waals surface area contributed by atoms with Crippen LogP contribution in [0, 0.1) is 0 Å². The first kappa shape index (κ1) is 14.7. The molecule has 3 nitrogen and oxygen atoms in total. The fourth-order valence-corrected chi connectivity index (χ4v) is 3.59. The van der Waals surface area contributed by atoms with Crippen molar-refractivity contribution in [3.05, 3.63) is 65.2 Å². The maximum atomic E-state index is 5.46. The van der Waals surface area contributed by atoms with E-state index < -0.39 is 0 Å². The van der Waals surface area contributed by atoms with Crippen LogP contribution < -0.4 is 4.90 Å². The van der Waals surface area contributed by atoms with E-state index in [2.05, 4.69) is 58.3 Å². The minimum atomic E-state index is 0.849. The topological polar surface area (TPSA) is 15.7 Å². The van der Waals surface area contributed by atoms with Gasteiger partial charge in [-0.2, -0.15) is 0 Å². The largest absolute Gasteiger partial charge is 0.378 e. The number of rotatable bonds is 3. The van der Waals surface area contributed by atoms with Crippen molar-refractivity contribution in [2.24, 2.45) is 0 Å². The Morgan fingerprint density at radius 2 is 1.70 bits per heavy atom. The van der Waals surface area contributed by atoms with Crippen molar-refractivity contribution in [2.75, 3.05) is 37.7 Å². The third-order valence-electron chi connectivity index (χ3n) is 4.91. The summed E-state index contributed by atoms with van der Waals surface area (Å²) in [6.07, 6.45) is 1.15. The van der Waals surface area contributed by atoms with Crippen LogP contribution in [0.2, 0.25) is 0 Å². The van der Waals surface area contributed by atoms with Gasteiger partial charge < -0.3 is 9.64 Å². The maximum Gasteiger partial charge on any atom is 0.0642 e. The summed E-state index contributed by atoms with van der Waals surface area (Å²) in [5.41, 5.74) is 5.78. The molecular formula is C20H24N2O. The van der Waals surface area contributed by atoms with Gasteiger partial charge in [0.1, 0.15) is 0 Å². The van der Waals surface area contributed by atoms with E-state index in [9.17, 15) is 0 Å². The molecule has 1 fully saturated rings. The van der Waals surface area contributed by atoms with Crippen molar-refractivity contribution in [3.8, 4) is 0 Å². The number of anilines is 1. The Labute approximate surface area is 138 Å². The van der Waals surface area contributed by atoms with Crippen LogP contribution in [0.4, 0.5) is 5.69 Å². The fourth-order valence-electron chi connectivity index (χ4n) is 3.59. The number of benzene rings is 2. The molecule has 1 saturated heterocycles. The van der Waals surface area contributed by atoms with Crippen LogP contribution in [-0.4, -0.2) is 37.7 Å². The van der Waals surface area contributed by atoms with E-state index in [4.69, 9.17) is 4.74 Å². The summed E-state index contributed by atoms with van der Waals surface area (Å²) in [4.78, 5) is 4.99. The maximum absolute atomic E-state index is 5.46. The Hall–Kier alpha value is -1.84. The predicted molar refractivity (Wildman–Crippen MR) is 93.7 cm³/mol. The van der Waals surface area contributed by atoms with Crippen LogP contribution in [0.25, 0.3) is 0 Å². The van der Waals surface area contributed by atoms with Gasteiger partial charge in [0.05, 0.1) is 13.2 Å². The van der Waals surface area contributed by atoms with Crippen LogP contribution in [0.1, 0.15) is 16.7 Å². The summed E-state index contributed by atoms with van der Waals surface area (Å²) in [5.74, 6) is 0. The van der Waals surface area contributed by atoms with Gasteiger partial charge in [0.15, 0.2) is 0 Å². The Morgan fingerprint density at radius 1 is 0.870 bits per heavy atom. The number of morpholine rings is 1. The Morgan fingerprint density at radius 3 is 2.52 bits per heavy atom. The highest BCUT2D eigenvalue weighted by Gasteiger charge is 2.18. The first-order valence-electron chi connectivity index (χ1n) is 8.59. The molecule has 0 bridgehead atoms. The number of fused-ring (bicyclic) bond motifs is 1. The highest BCUT2D eigenvalue weighted by molar-refractivity contribution is 5.52. The van der Waals surface area contributed by atoms with E-state index in [1.807, 2.05) is 0 Å². The van der Waals surface area contributed by atoms with Crippen LogP contribution >= 0.6 is 0 Å². The fraction of sp³-hybridized carbons (Fsp3) is 0.400. The molecule has 0 atom stereocenters. The van der Waals surface area contributed by atoms with Crippen molar-refractivity contribution in [3.63, 3.8) is 0 Å². The monoisotopic (exact) mass is 308 g/mol. The summed E-state index contributed by atoms with van der Waals surface area (Å²) in [6, 6.07) is 17.8. The normalized spacial score (nSPS) is 18.7. The second-order valence-electron chi connectivity index (χ2n) is 6.50. The molecule has 3 heteroatoms. The minimum absolute atomic E-state index is 0.849. The van der Waals surface area contributed by atoms with E-state index in [0.29, 0.717) is 0 Å². The van der Waals surface area contributed by atoms with Gasteiger partial charge in [0, 0.05) is 38.4 Å². The molecule has 0 amide bonds. The van der Waals surface area contributed by atoms with Crippen molar-refractivity contribution in [1.29, 1.82) is 0 Å². The van der Waals surface area contributed by atoms with E-state index >= 15 is 0 Å².